The Morgan fingerprint density at radius 3 is 2.21 bits per heavy atom. The van der Waals surface area contributed by atoms with Gasteiger partial charge in [0.1, 0.15) is 5.54 Å². The molecule has 0 saturated heterocycles. The minimum absolute atomic E-state index is 0.305. The first-order valence-corrected chi connectivity index (χ1v) is 6.87. The minimum Gasteiger partial charge on any atom is -0.382 e. The summed E-state index contributed by atoms with van der Waals surface area (Å²) in [5.74, 6) is 0. The molecule has 0 heterocycles. The summed E-state index contributed by atoms with van der Waals surface area (Å²) in [6.45, 7) is 9.07. The Morgan fingerprint density at radius 1 is 1.11 bits per heavy atom. The van der Waals surface area contributed by atoms with Gasteiger partial charge in [-0.1, -0.05) is 0 Å². The number of ether oxygens (including phenoxy) is 3. The third-order valence-electron chi connectivity index (χ3n) is 2.62. The topological polar surface area (TPSA) is 63.5 Å². The molecule has 0 aromatic heterocycles. The number of hydrogen-bond acceptors (Lipinski definition) is 5. The second-order valence-corrected chi connectivity index (χ2v) is 5.06. The van der Waals surface area contributed by atoms with E-state index in [1.807, 2.05) is 20.8 Å². The van der Waals surface area contributed by atoms with E-state index < -0.39 is 5.54 Å². The molecule has 0 radical (unpaired) electrons. The van der Waals surface area contributed by atoms with Gasteiger partial charge in [0, 0.05) is 19.8 Å². The van der Waals surface area contributed by atoms with Crippen LogP contribution in [-0.4, -0.2) is 51.7 Å². The van der Waals surface area contributed by atoms with Crippen LogP contribution in [0.4, 0.5) is 0 Å². The third kappa shape index (κ3) is 10.9. The largest absolute Gasteiger partial charge is 0.382 e. The van der Waals surface area contributed by atoms with Crippen molar-refractivity contribution in [3.8, 4) is 6.07 Å². The van der Waals surface area contributed by atoms with Crippen molar-refractivity contribution in [1.82, 2.24) is 5.32 Å². The van der Waals surface area contributed by atoms with Crippen LogP contribution >= 0.6 is 0 Å². The summed E-state index contributed by atoms with van der Waals surface area (Å²) >= 11 is 0. The van der Waals surface area contributed by atoms with Gasteiger partial charge in [-0.15, -0.1) is 0 Å². The van der Waals surface area contributed by atoms with Gasteiger partial charge in [-0.25, -0.2) is 0 Å². The summed E-state index contributed by atoms with van der Waals surface area (Å²) in [7, 11) is 1.65. The zero-order chi connectivity index (χ0) is 14.6. The van der Waals surface area contributed by atoms with Crippen LogP contribution in [0.15, 0.2) is 0 Å². The molecule has 0 rings (SSSR count). The van der Waals surface area contributed by atoms with Crippen LogP contribution in [0.5, 0.6) is 0 Å². The lowest BCUT2D eigenvalue weighted by molar-refractivity contribution is 0.0233. The lowest BCUT2D eigenvalue weighted by Gasteiger charge is -2.25. The average Bonchev–Trinajstić information content (AvgIpc) is 2.36. The first-order chi connectivity index (χ1) is 9.04. The minimum atomic E-state index is -0.466. The van der Waals surface area contributed by atoms with Crippen LogP contribution in [0.1, 0.15) is 33.6 Å². The lowest BCUT2D eigenvalue weighted by atomic mass is 9.97. The summed E-state index contributed by atoms with van der Waals surface area (Å²) in [4.78, 5) is 0. The van der Waals surface area contributed by atoms with Crippen molar-refractivity contribution in [3.05, 3.63) is 0 Å². The average molecular weight is 272 g/mol. The number of nitrogens with one attached hydrogen (secondary N) is 1. The van der Waals surface area contributed by atoms with Crippen LogP contribution in [0.2, 0.25) is 0 Å². The Morgan fingerprint density at radius 2 is 1.68 bits per heavy atom. The van der Waals surface area contributed by atoms with Crippen LogP contribution in [0.25, 0.3) is 0 Å². The van der Waals surface area contributed by atoms with E-state index in [4.69, 9.17) is 14.2 Å². The highest BCUT2D eigenvalue weighted by molar-refractivity contribution is 5.04. The van der Waals surface area contributed by atoms with E-state index in [0.717, 1.165) is 12.8 Å². The quantitative estimate of drug-likeness (QED) is 0.548. The number of nitrogens with zero attached hydrogens (tertiary/aromatic N) is 1. The Bertz CT molecular complexity index is 254. The van der Waals surface area contributed by atoms with Crippen molar-refractivity contribution in [2.24, 2.45) is 0 Å². The molecule has 0 bridgehead atoms. The van der Waals surface area contributed by atoms with E-state index in [9.17, 15) is 5.26 Å². The smallest absolute Gasteiger partial charge is 0.104 e. The van der Waals surface area contributed by atoms with E-state index in [-0.39, 0.29) is 0 Å². The Labute approximate surface area is 117 Å². The monoisotopic (exact) mass is 272 g/mol. The molecule has 0 spiro atoms. The van der Waals surface area contributed by atoms with E-state index in [1.165, 1.54) is 0 Å². The van der Waals surface area contributed by atoms with Crippen molar-refractivity contribution in [3.63, 3.8) is 0 Å². The molecule has 0 aromatic rings. The van der Waals surface area contributed by atoms with Gasteiger partial charge in [0.25, 0.3) is 0 Å². The fourth-order valence-electron chi connectivity index (χ4n) is 1.79. The molecule has 5 nitrogen and oxygen atoms in total. The van der Waals surface area contributed by atoms with Gasteiger partial charge in [0.05, 0.1) is 32.5 Å². The van der Waals surface area contributed by atoms with Crippen LogP contribution in [0.3, 0.4) is 0 Å². The second kappa shape index (κ2) is 11.2. The molecular weight excluding hydrogens is 244 g/mol. The molecule has 0 saturated carbocycles. The van der Waals surface area contributed by atoms with E-state index in [2.05, 4.69) is 11.4 Å². The third-order valence-corrected chi connectivity index (χ3v) is 2.62. The highest BCUT2D eigenvalue weighted by atomic mass is 16.5. The maximum atomic E-state index is 9.17. The number of rotatable bonds is 12. The molecule has 1 unspecified atom stereocenters. The van der Waals surface area contributed by atoms with Crippen LogP contribution in [-0.2, 0) is 14.2 Å². The van der Waals surface area contributed by atoms with Gasteiger partial charge < -0.3 is 14.2 Å². The van der Waals surface area contributed by atoms with E-state index in [0.29, 0.717) is 39.1 Å². The molecule has 0 amide bonds. The van der Waals surface area contributed by atoms with Gasteiger partial charge in [0.2, 0.25) is 0 Å². The highest BCUT2D eigenvalue weighted by Gasteiger charge is 2.23. The predicted molar refractivity (Wildman–Crippen MR) is 75.0 cm³/mol. The molecule has 1 atom stereocenters. The van der Waals surface area contributed by atoms with Crippen molar-refractivity contribution in [2.75, 3.05) is 40.1 Å². The van der Waals surface area contributed by atoms with Gasteiger partial charge in [-0.3, -0.25) is 5.32 Å². The maximum absolute atomic E-state index is 9.17. The first kappa shape index (κ1) is 18.3. The molecule has 0 aliphatic rings. The number of hydrogen-bond donors (Lipinski definition) is 1. The molecule has 0 aliphatic heterocycles. The van der Waals surface area contributed by atoms with Gasteiger partial charge in [-0.05, 0) is 33.6 Å². The standard InChI is InChI=1S/C14H28N2O3/c1-13(2)16-14(3,12-15)6-5-7-18-10-11-19-9-8-17-4/h13,16H,5-11H2,1-4H3. The van der Waals surface area contributed by atoms with Crippen LogP contribution < -0.4 is 5.32 Å². The number of methoxy groups -OCH3 is 1. The van der Waals surface area contributed by atoms with Gasteiger partial charge in [-0.2, -0.15) is 5.26 Å². The zero-order valence-corrected chi connectivity index (χ0v) is 12.7. The molecular formula is C14H28N2O3. The molecule has 0 aromatic carbocycles. The molecule has 0 fully saturated rings. The van der Waals surface area contributed by atoms with Crippen molar-refractivity contribution < 1.29 is 14.2 Å². The van der Waals surface area contributed by atoms with Crippen molar-refractivity contribution in [1.29, 1.82) is 5.26 Å². The Hall–Kier alpha value is -0.670. The highest BCUT2D eigenvalue weighted by Crippen LogP contribution is 2.12. The second-order valence-electron chi connectivity index (χ2n) is 5.06. The summed E-state index contributed by atoms with van der Waals surface area (Å²) < 4.78 is 15.6. The molecule has 0 aliphatic carbocycles. The predicted octanol–water partition coefficient (Wildman–Crippen LogP) is 1.73. The Balaban J connectivity index is 3.49. The summed E-state index contributed by atoms with van der Waals surface area (Å²) in [6, 6.07) is 2.64. The fraction of sp³-hybridized carbons (Fsp3) is 0.929. The zero-order valence-electron chi connectivity index (χ0n) is 12.7. The summed E-state index contributed by atoms with van der Waals surface area (Å²) in [6.07, 6.45) is 1.65. The summed E-state index contributed by atoms with van der Waals surface area (Å²) in [5.41, 5.74) is -0.466. The van der Waals surface area contributed by atoms with E-state index in [1.54, 1.807) is 7.11 Å². The van der Waals surface area contributed by atoms with Crippen LogP contribution in [0, 0.1) is 11.3 Å². The molecule has 19 heavy (non-hydrogen) atoms. The molecule has 1 N–H and O–H groups in total. The Kier molecular flexibility index (Phi) is 10.8. The molecule has 5 heteroatoms. The van der Waals surface area contributed by atoms with Gasteiger partial charge in [0.15, 0.2) is 0 Å². The van der Waals surface area contributed by atoms with Crippen molar-refractivity contribution in [2.45, 2.75) is 45.2 Å². The normalized spacial score (nSPS) is 14.3. The number of nitriles is 1. The first-order valence-electron chi connectivity index (χ1n) is 6.87. The van der Waals surface area contributed by atoms with Crippen molar-refractivity contribution >= 4 is 0 Å². The lowest BCUT2D eigenvalue weighted by Crippen LogP contribution is -2.45. The maximum Gasteiger partial charge on any atom is 0.104 e. The van der Waals surface area contributed by atoms with Gasteiger partial charge >= 0.3 is 0 Å². The SMILES string of the molecule is COCCOCCOCCCC(C)(C#N)NC(C)C. The fourth-order valence-corrected chi connectivity index (χ4v) is 1.79. The molecule has 112 valence electrons. The summed E-state index contributed by atoms with van der Waals surface area (Å²) in [5, 5.41) is 12.4. The van der Waals surface area contributed by atoms with E-state index >= 15 is 0 Å².